The van der Waals surface area contributed by atoms with E-state index >= 15 is 0 Å². The van der Waals surface area contributed by atoms with Gasteiger partial charge in [-0.3, -0.25) is 0 Å². The number of hydrogen-bond donors (Lipinski definition) is 2. The number of aliphatic hydroxyl groups is 1. The Balaban J connectivity index is 1.72. The molecular weight excluding hydrogens is 500 g/mol. The number of alkyl halides is 6. The molecule has 0 atom stereocenters. The number of nitriles is 1. The van der Waals surface area contributed by atoms with Crippen molar-refractivity contribution in [2.75, 3.05) is 11.9 Å². The summed E-state index contributed by atoms with van der Waals surface area (Å²) in [5.41, 5.74) is -3.35. The van der Waals surface area contributed by atoms with Gasteiger partial charge in [0.25, 0.3) is 5.60 Å². The molecule has 0 aromatic carbocycles. The number of halogens is 6. The first-order valence-corrected chi connectivity index (χ1v) is 10.6. The fourth-order valence-corrected chi connectivity index (χ4v) is 3.77. The first kappa shape index (κ1) is 24.4. The zero-order valence-electron chi connectivity index (χ0n) is 17.3. The summed E-state index contributed by atoms with van der Waals surface area (Å²) in [4.78, 5) is 16.6. The number of aromatic nitrogens is 5. The molecule has 2 N–H and O–H groups in total. The van der Waals surface area contributed by atoms with Gasteiger partial charge in [0, 0.05) is 25.0 Å². The van der Waals surface area contributed by atoms with Crippen LogP contribution in [-0.4, -0.2) is 53.9 Å². The van der Waals surface area contributed by atoms with Crippen molar-refractivity contribution in [2.45, 2.75) is 24.4 Å². The third kappa shape index (κ3) is 4.62. The van der Waals surface area contributed by atoms with Gasteiger partial charge in [0.15, 0.2) is 11.5 Å². The normalized spacial score (nSPS) is 12.6. The van der Waals surface area contributed by atoms with E-state index in [0.29, 0.717) is 17.8 Å². The highest BCUT2D eigenvalue weighted by Crippen LogP contribution is 2.43. The molecule has 0 saturated carbocycles. The smallest absolute Gasteiger partial charge is 0.372 e. The number of nitrogens with zero attached hydrogens (tertiary/aromatic N) is 6. The van der Waals surface area contributed by atoms with Crippen LogP contribution >= 0.6 is 11.3 Å². The molecule has 8 nitrogen and oxygen atoms in total. The van der Waals surface area contributed by atoms with E-state index in [0.717, 1.165) is 11.8 Å². The van der Waals surface area contributed by atoms with Crippen molar-refractivity contribution in [3.63, 3.8) is 0 Å². The second-order valence-corrected chi connectivity index (χ2v) is 8.10. The van der Waals surface area contributed by atoms with E-state index in [-0.39, 0.29) is 11.5 Å². The van der Waals surface area contributed by atoms with Crippen LogP contribution in [0, 0.1) is 11.3 Å². The molecule has 4 aromatic rings. The minimum atomic E-state index is -6.04. The van der Waals surface area contributed by atoms with Crippen LogP contribution in [0.15, 0.2) is 41.6 Å². The number of nitrogens with one attached hydrogen (secondary N) is 1. The fourth-order valence-electron chi connectivity index (χ4n) is 3.10. The molecule has 4 heterocycles. The number of thiophene rings is 1. The van der Waals surface area contributed by atoms with E-state index in [9.17, 15) is 36.7 Å². The highest BCUT2D eigenvalue weighted by Gasteiger charge is 2.70. The summed E-state index contributed by atoms with van der Waals surface area (Å²) >= 11 is 1.48. The maximum atomic E-state index is 13.0. The van der Waals surface area contributed by atoms with Gasteiger partial charge in [0.1, 0.15) is 23.1 Å². The maximum absolute atomic E-state index is 13.0. The van der Waals surface area contributed by atoms with Gasteiger partial charge in [0.05, 0.1) is 18.4 Å². The summed E-state index contributed by atoms with van der Waals surface area (Å²) in [6.45, 7) is -2.03. The molecule has 4 rings (SSSR count). The molecule has 0 spiro atoms. The van der Waals surface area contributed by atoms with E-state index in [1.165, 1.54) is 23.7 Å². The monoisotopic (exact) mass is 513 g/mol. The second-order valence-electron chi connectivity index (χ2n) is 7.32. The number of hydrogen-bond acceptors (Lipinski definition) is 8. The molecule has 0 bridgehead atoms. The van der Waals surface area contributed by atoms with Crippen molar-refractivity contribution in [3.8, 4) is 17.6 Å². The molecule has 0 aliphatic rings. The van der Waals surface area contributed by atoms with Gasteiger partial charge in [0.2, 0.25) is 0 Å². The minimum absolute atomic E-state index is 0.134. The van der Waals surface area contributed by atoms with Crippen molar-refractivity contribution in [2.24, 2.45) is 0 Å². The zero-order chi connectivity index (χ0) is 25.4. The number of imidazole rings is 1. The first-order valence-electron chi connectivity index (χ1n) is 9.64. The average molecular weight is 513 g/mol. The Hall–Kier alpha value is -3.77. The van der Waals surface area contributed by atoms with Gasteiger partial charge in [-0.25, -0.2) is 19.9 Å². The Morgan fingerprint density at radius 1 is 1.11 bits per heavy atom. The van der Waals surface area contributed by atoms with Gasteiger partial charge in [-0.1, -0.05) is 0 Å². The van der Waals surface area contributed by atoms with Crippen LogP contribution in [0.4, 0.5) is 32.2 Å². The highest BCUT2D eigenvalue weighted by molar-refractivity contribution is 7.07. The molecular formula is C20H13F6N7OS. The van der Waals surface area contributed by atoms with Gasteiger partial charge in [-0.2, -0.15) is 42.9 Å². The molecule has 35 heavy (non-hydrogen) atoms. The molecule has 182 valence electrons. The maximum Gasteiger partial charge on any atom is 0.428 e. The second kappa shape index (κ2) is 8.78. The van der Waals surface area contributed by atoms with Gasteiger partial charge < -0.3 is 14.8 Å². The molecule has 0 amide bonds. The van der Waals surface area contributed by atoms with E-state index < -0.39 is 35.9 Å². The Labute approximate surface area is 196 Å². The summed E-state index contributed by atoms with van der Waals surface area (Å²) in [5, 5.41) is 24.2. The van der Waals surface area contributed by atoms with Crippen LogP contribution < -0.4 is 5.32 Å². The van der Waals surface area contributed by atoms with Gasteiger partial charge >= 0.3 is 12.4 Å². The first-order chi connectivity index (χ1) is 16.4. The van der Waals surface area contributed by atoms with E-state index in [2.05, 4.69) is 19.9 Å². The summed E-state index contributed by atoms with van der Waals surface area (Å²) < 4.78 is 79.7. The molecule has 0 aliphatic heterocycles. The van der Waals surface area contributed by atoms with Crippen LogP contribution in [0.3, 0.4) is 0 Å². The summed E-state index contributed by atoms with van der Waals surface area (Å²) in [7, 11) is 0. The SMILES string of the molecule is N#Cc1cnc(-c2cn3ccnc3c(Cc3ccsc3)n2)nc1NCC(O)(C(F)(F)F)C(F)(F)F. The highest BCUT2D eigenvalue weighted by atomic mass is 32.1. The summed E-state index contributed by atoms with van der Waals surface area (Å²) in [6.07, 6.45) is -6.12. The Kier molecular flexibility index (Phi) is 6.11. The van der Waals surface area contributed by atoms with Crippen molar-refractivity contribution in [3.05, 3.63) is 58.4 Å². The van der Waals surface area contributed by atoms with Crippen LogP contribution in [-0.2, 0) is 6.42 Å². The molecule has 0 aliphatic carbocycles. The van der Waals surface area contributed by atoms with Crippen molar-refractivity contribution < 1.29 is 31.4 Å². The fraction of sp³-hybridized carbons (Fsp3) is 0.250. The predicted octanol–water partition coefficient (Wildman–Crippen LogP) is 3.98. The van der Waals surface area contributed by atoms with E-state index in [1.807, 2.05) is 16.8 Å². The lowest BCUT2D eigenvalue weighted by molar-refractivity contribution is -0.362. The van der Waals surface area contributed by atoms with E-state index in [4.69, 9.17) is 0 Å². The molecule has 0 unspecified atom stereocenters. The quantitative estimate of drug-likeness (QED) is 0.375. The largest absolute Gasteiger partial charge is 0.428 e. The topological polar surface area (TPSA) is 112 Å². The molecule has 0 radical (unpaired) electrons. The third-order valence-corrected chi connectivity index (χ3v) is 5.72. The van der Waals surface area contributed by atoms with Crippen molar-refractivity contribution in [1.29, 1.82) is 5.26 Å². The molecule has 0 fully saturated rings. The minimum Gasteiger partial charge on any atom is -0.372 e. The van der Waals surface area contributed by atoms with Crippen LogP contribution in [0.2, 0.25) is 0 Å². The lowest BCUT2D eigenvalue weighted by Crippen LogP contribution is -2.61. The summed E-state index contributed by atoms with van der Waals surface area (Å²) in [5.74, 6) is -0.799. The number of anilines is 1. The summed E-state index contributed by atoms with van der Waals surface area (Å²) in [6, 6.07) is 3.48. The van der Waals surface area contributed by atoms with Crippen LogP contribution in [0.25, 0.3) is 17.2 Å². The third-order valence-electron chi connectivity index (χ3n) is 4.98. The molecule has 0 saturated heterocycles. The Morgan fingerprint density at radius 3 is 2.49 bits per heavy atom. The van der Waals surface area contributed by atoms with Gasteiger partial charge in [-0.15, -0.1) is 0 Å². The zero-order valence-corrected chi connectivity index (χ0v) is 18.1. The average Bonchev–Trinajstić information content (AvgIpc) is 3.47. The van der Waals surface area contributed by atoms with Crippen molar-refractivity contribution >= 4 is 22.8 Å². The number of fused-ring (bicyclic) bond motifs is 1. The lowest BCUT2D eigenvalue weighted by atomic mass is 10.0. The molecule has 4 aromatic heterocycles. The number of rotatable bonds is 6. The van der Waals surface area contributed by atoms with Gasteiger partial charge in [-0.05, 0) is 22.4 Å². The Morgan fingerprint density at radius 2 is 1.86 bits per heavy atom. The van der Waals surface area contributed by atoms with Crippen LogP contribution in [0.5, 0.6) is 0 Å². The van der Waals surface area contributed by atoms with Crippen LogP contribution in [0.1, 0.15) is 16.8 Å². The van der Waals surface area contributed by atoms with E-state index in [1.54, 1.807) is 22.0 Å². The predicted molar refractivity (Wildman–Crippen MR) is 111 cm³/mol. The Bertz CT molecular complexity index is 1380. The van der Waals surface area contributed by atoms with Crippen molar-refractivity contribution in [1.82, 2.24) is 24.3 Å². The lowest BCUT2D eigenvalue weighted by Gasteiger charge is -2.32. The molecule has 15 heteroatoms. The standard InChI is InChI=1S/C20H13F6N7OS/c21-19(22,23)18(34,20(24,25)26)10-30-15-12(6-27)7-29-16(32-15)14-8-33-3-2-28-17(33)13(31-14)5-11-1-4-35-9-11/h1-4,7-9,34H,5,10H2,(H,29,30,32).